The van der Waals surface area contributed by atoms with Gasteiger partial charge in [0.15, 0.2) is 11.8 Å². The summed E-state index contributed by atoms with van der Waals surface area (Å²) in [5.74, 6) is -2.79. The average molecular weight is 396 g/mol. The van der Waals surface area contributed by atoms with Crippen molar-refractivity contribution in [1.82, 2.24) is 4.90 Å². The Hall–Kier alpha value is -2.45. The third kappa shape index (κ3) is 2.74. The van der Waals surface area contributed by atoms with Crippen molar-refractivity contribution < 1.29 is 29.2 Å². The smallest absolute Gasteiger partial charge is 0.331 e. The zero-order valence-corrected chi connectivity index (χ0v) is 13.7. The molecule has 0 saturated heterocycles. The number of fused-ring (bicyclic) bond motifs is 1. The van der Waals surface area contributed by atoms with Gasteiger partial charge in [0.1, 0.15) is 5.82 Å². The molecule has 0 bridgehead atoms. The highest BCUT2D eigenvalue weighted by Gasteiger charge is 2.39. The van der Waals surface area contributed by atoms with Crippen LogP contribution in [0.3, 0.4) is 0 Å². The first-order valence-corrected chi connectivity index (χ1v) is 7.64. The Morgan fingerprint density at radius 1 is 1.29 bits per heavy atom. The zero-order valence-electron chi connectivity index (χ0n) is 12.1. The van der Waals surface area contributed by atoms with Crippen LogP contribution in [0.1, 0.15) is 27.5 Å². The number of carbonyl (C=O) groups excluding carboxylic acids is 1. The topological polar surface area (TPSA) is 87.1 Å². The number of hydrogen-bond donors (Lipinski definition) is 2. The highest BCUT2D eigenvalue weighted by Crippen LogP contribution is 2.36. The Kier molecular flexibility index (Phi) is 4.25. The van der Waals surface area contributed by atoms with E-state index in [-0.39, 0.29) is 17.9 Å². The zero-order chi connectivity index (χ0) is 17.4. The minimum Gasteiger partial charge on any atom is -0.479 e. The maximum Gasteiger partial charge on any atom is 0.331 e. The summed E-state index contributed by atoms with van der Waals surface area (Å²) < 4.78 is 14.3. The minimum absolute atomic E-state index is 0.0554. The number of amides is 1. The van der Waals surface area contributed by atoms with Crippen molar-refractivity contribution in [2.24, 2.45) is 0 Å². The number of aliphatic carboxylic acids is 1. The molecule has 1 unspecified atom stereocenters. The van der Waals surface area contributed by atoms with Crippen LogP contribution in [0.2, 0.25) is 0 Å². The average Bonchev–Trinajstić information content (AvgIpc) is 2.84. The first kappa shape index (κ1) is 16.4. The predicted octanol–water partition coefficient (Wildman–Crippen LogP) is 3.22. The fourth-order valence-electron chi connectivity index (χ4n) is 2.75. The molecule has 0 radical (unpaired) electrons. The third-order valence-electron chi connectivity index (χ3n) is 3.81. The Morgan fingerprint density at radius 2 is 2.04 bits per heavy atom. The molecule has 0 aliphatic carbocycles. The van der Waals surface area contributed by atoms with Crippen LogP contribution < -0.4 is 4.89 Å². The van der Waals surface area contributed by atoms with Crippen molar-refractivity contribution in [3.63, 3.8) is 0 Å². The lowest BCUT2D eigenvalue weighted by molar-refractivity contribution is -0.146. The second kappa shape index (κ2) is 6.21. The molecule has 0 fully saturated rings. The largest absolute Gasteiger partial charge is 0.479 e. The van der Waals surface area contributed by atoms with Crippen LogP contribution in [0.15, 0.2) is 40.9 Å². The summed E-state index contributed by atoms with van der Waals surface area (Å²) in [5.41, 5.74) is 0.890. The maximum atomic E-state index is 13.6. The second-order valence-electron chi connectivity index (χ2n) is 5.25. The Labute approximate surface area is 144 Å². The molecule has 1 aliphatic heterocycles. The van der Waals surface area contributed by atoms with Gasteiger partial charge in [-0.25, -0.2) is 14.4 Å². The molecule has 0 spiro atoms. The number of carboxylic acids is 1. The summed E-state index contributed by atoms with van der Waals surface area (Å²) in [4.78, 5) is 29.6. The van der Waals surface area contributed by atoms with Crippen LogP contribution in [0.25, 0.3) is 0 Å². The van der Waals surface area contributed by atoms with E-state index in [0.29, 0.717) is 15.6 Å². The molecule has 1 aliphatic rings. The standard InChI is InChI=1S/C16H11BrFNO5/c17-9-2-1-8-7-19(15(20)11(8)5-9)14(16(21)22)12-6-10(18)3-4-13(12)24-23/h1-6,14,23H,7H2,(H,21,22). The third-order valence-corrected chi connectivity index (χ3v) is 4.31. The molecular weight excluding hydrogens is 385 g/mol. The monoisotopic (exact) mass is 395 g/mol. The molecule has 3 rings (SSSR count). The lowest BCUT2D eigenvalue weighted by Crippen LogP contribution is -2.34. The SMILES string of the molecule is O=C(O)C(c1cc(F)ccc1OO)N1Cc2ccc(Br)cc2C1=O. The van der Waals surface area contributed by atoms with Crippen molar-refractivity contribution in [2.75, 3.05) is 0 Å². The van der Waals surface area contributed by atoms with Gasteiger partial charge in [-0.15, -0.1) is 0 Å². The van der Waals surface area contributed by atoms with Crippen LogP contribution in [-0.4, -0.2) is 27.1 Å². The van der Waals surface area contributed by atoms with E-state index in [2.05, 4.69) is 20.8 Å². The van der Waals surface area contributed by atoms with Gasteiger partial charge in [0.2, 0.25) is 0 Å². The normalized spacial score (nSPS) is 14.5. The first-order valence-electron chi connectivity index (χ1n) is 6.85. The van der Waals surface area contributed by atoms with Crippen LogP contribution in [0, 0.1) is 5.82 Å². The molecule has 1 amide bonds. The van der Waals surface area contributed by atoms with Gasteiger partial charge in [-0.1, -0.05) is 22.0 Å². The Morgan fingerprint density at radius 3 is 2.71 bits per heavy atom. The summed E-state index contributed by atoms with van der Waals surface area (Å²) in [5, 5.41) is 18.5. The van der Waals surface area contributed by atoms with Crippen LogP contribution in [-0.2, 0) is 11.3 Å². The van der Waals surface area contributed by atoms with Gasteiger partial charge in [0.05, 0.1) is 0 Å². The summed E-state index contributed by atoms with van der Waals surface area (Å²) in [6.07, 6.45) is 0. The molecule has 2 N–H and O–H groups in total. The summed E-state index contributed by atoms with van der Waals surface area (Å²) in [7, 11) is 0. The van der Waals surface area contributed by atoms with Crippen molar-refractivity contribution in [2.45, 2.75) is 12.6 Å². The number of nitrogens with zero attached hydrogens (tertiary/aromatic N) is 1. The van der Waals surface area contributed by atoms with E-state index in [1.807, 2.05) is 0 Å². The molecule has 8 heteroatoms. The highest BCUT2D eigenvalue weighted by molar-refractivity contribution is 9.10. The molecule has 0 saturated carbocycles. The van der Waals surface area contributed by atoms with Crippen LogP contribution in [0.4, 0.5) is 4.39 Å². The number of rotatable bonds is 4. The Bertz CT molecular complexity index is 841. The van der Waals surface area contributed by atoms with Crippen molar-refractivity contribution in [3.8, 4) is 5.75 Å². The fourth-order valence-corrected chi connectivity index (χ4v) is 3.12. The van der Waals surface area contributed by atoms with E-state index in [0.717, 1.165) is 23.1 Å². The van der Waals surface area contributed by atoms with Crippen LogP contribution >= 0.6 is 15.9 Å². The second-order valence-corrected chi connectivity index (χ2v) is 6.16. The molecule has 0 aromatic heterocycles. The van der Waals surface area contributed by atoms with Gasteiger partial charge < -0.3 is 14.9 Å². The van der Waals surface area contributed by atoms with Crippen molar-refractivity contribution in [1.29, 1.82) is 0 Å². The van der Waals surface area contributed by atoms with E-state index in [1.54, 1.807) is 18.2 Å². The van der Waals surface area contributed by atoms with E-state index < -0.39 is 23.7 Å². The highest BCUT2D eigenvalue weighted by atomic mass is 79.9. The molecule has 1 heterocycles. The molecule has 6 nitrogen and oxygen atoms in total. The molecular formula is C16H11BrFNO5. The summed E-state index contributed by atoms with van der Waals surface area (Å²) in [6, 6.07) is 6.61. The summed E-state index contributed by atoms with van der Waals surface area (Å²) >= 11 is 3.27. The fraction of sp³-hybridized carbons (Fsp3) is 0.125. The quantitative estimate of drug-likeness (QED) is 0.612. The molecule has 2 aromatic rings. The van der Waals surface area contributed by atoms with Gasteiger partial charge in [-0.3, -0.25) is 4.79 Å². The van der Waals surface area contributed by atoms with Gasteiger partial charge in [0, 0.05) is 22.1 Å². The van der Waals surface area contributed by atoms with Crippen molar-refractivity contribution >= 4 is 27.8 Å². The maximum absolute atomic E-state index is 13.6. The van der Waals surface area contributed by atoms with E-state index in [9.17, 15) is 19.1 Å². The molecule has 2 aromatic carbocycles. The lowest BCUT2D eigenvalue weighted by atomic mass is 10.0. The van der Waals surface area contributed by atoms with Crippen LogP contribution in [0.5, 0.6) is 5.75 Å². The molecule has 1 atom stereocenters. The number of carbonyl (C=O) groups is 2. The first-order chi connectivity index (χ1) is 11.4. The molecule has 24 heavy (non-hydrogen) atoms. The van der Waals surface area contributed by atoms with Gasteiger partial charge in [0.25, 0.3) is 5.91 Å². The number of carboxylic acid groups (broad SMARTS) is 1. The van der Waals surface area contributed by atoms with Gasteiger partial charge in [-0.05, 0) is 35.9 Å². The summed E-state index contributed by atoms with van der Waals surface area (Å²) in [6.45, 7) is 0.0554. The number of benzene rings is 2. The number of halogens is 2. The van der Waals surface area contributed by atoms with Gasteiger partial charge >= 0.3 is 5.97 Å². The van der Waals surface area contributed by atoms with Crippen molar-refractivity contribution in [3.05, 3.63) is 63.4 Å². The minimum atomic E-state index is -1.50. The molecule has 124 valence electrons. The van der Waals surface area contributed by atoms with E-state index in [4.69, 9.17) is 5.26 Å². The Balaban J connectivity index is 2.07. The number of hydrogen-bond acceptors (Lipinski definition) is 4. The van der Waals surface area contributed by atoms with E-state index >= 15 is 0 Å². The van der Waals surface area contributed by atoms with Gasteiger partial charge in [-0.2, -0.15) is 0 Å². The van der Waals surface area contributed by atoms with E-state index in [1.165, 1.54) is 0 Å². The lowest BCUT2D eigenvalue weighted by Gasteiger charge is -2.25. The predicted molar refractivity (Wildman–Crippen MR) is 84.0 cm³/mol.